The highest BCUT2D eigenvalue weighted by atomic mass is 16.4. The van der Waals surface area contributed by atoms with E-state index in [-0.39, 0.29) is 12.0 Å². The maximum atomic E-state index is 11.1. The Balaban J connectivity index is 2.08. The quantitative estimate of drug-likeness (QED) is 0.770. The van der Waals surface area contributed by atoms with E-state index in [1.54, 1.807) is 0 Å². The van der Waals surface area contributed by atoms with Gasteiger partial charge in [0.15, 0.2) is 0 Å². The zero-order valence-electron chi connectivity index (χ0n) is 11.0. The van der Waals surface area contributed by atoms with Crippen LogP contribution in [0.25, 0.3) is 0 Å². The topological polar surface area (TPSA) is 52.6 Å². The second kappa shape index (κ2) is 4.94. The number of carbonyl (C=O) groups is 1. The van der Waals surface area contributed by atoms with Crippen molar-refractivity contribution >= 4 is 5.97 Å². The van der Waals surface area contributed by atoms with E-state index in [0.717, 1.165) is 37.9 Å². The van der Waals surface area contributed by atoms with E-state index in [9.17, 15) is 4.79 Å². The maximum absolute atomic E-state index is 11.1. The van der Waals surface area contributed by atoms with Crippen LogP contribution >= 0.6 is 0 Å². The van der Waals surface area contributed by atoms with Crippen molar-refractivity contribution in [2.75, 3.05) is 19.6 Å². The highest BCUT2D eigenvalue weighted by molar-refractivity contribution is 5.70. The number of likely N-dealkylation sites (tertiary alicyclic amines) is 1. The zero-order valence-corrected chi connectivity index (χ0v) is 11.0. The summed E-state index contributed by atoms with van der Waals surface area (Å²) in [6.45, 7) is 9.38. The van der Waals surface area contributed by atoms with Crippen molar-refractivity contribution in [1.82, 2.24) is 10.2 Å². The minimum atomic E-state index is -0.678. The molecule has 0 amide bonds. The summed E-state index contributed by atoms with van der Waals surface area (Å²) in [4.78, 5) is 13.5. The molecular formula is C13H24N2O2. The van der Waals surface area contributed by atoms with Crippen LogP contribution in [0.15, 0.2) is 0 Å². The number of nitrogens with one attached hydrogen (secondary N) is 1. The van der Waals surface area contributed by atoms with E-state index in [1.807, 2.05) is 6.92 Å². The third-order valence-corrected chi connectivity index (χ3v) is 4.81. The van der Waals surface area contributed by atoms with Crippen molar-refractivity contribution in [2.24, 2.45) is 17.8 Å². The lowest BCUT2D eigenvalue weighted by Gasteiger charge is -2.34. The molecule has 0 bridgehead atoms. The van der Waals surface area contributed by atoms with Gasteiger partial charge in [-0.3, -0.25) is 9.69 Å². The zero-order chi connectivity index (χ0) is 12.6. The van der Waals surface area contributed by atoms with Gasteiger partial charge in [-0.15, -0.1) is 0 Å². The Bertz CT molecular complexity index is 295. The van der Waals surface area contributed by atoms with E-state index >= 15 is 0 Å². The van der Waals surface area contributed by atoms with Gasteiger partial charge in [0, 0.05) is 18.6 Å². The summed E-state index contributed by atoms with van der Waals surface area (Å²) < 4.78 is 0. The molecule has 0 radical (unpaired) electrons. The molecule has 0 aromatic heterocycles. The second-order valence-corrected chi connectivity index (χ2v) is 5.62. The van der Waals surface area contributed by atoms with Crippen LogP contribution in [-0.4, -0.2) is 47.7 Å². The summed E-state index contributed by atoms with van der Waals surface area (Å²) in [5, 5.41) is 12.6. The van der Waals surface area contributed by atoms with Crippen LogP contribution in [-0.2, 0) is 4.79 Å². The maximum Gasteiger partial charge on any atom is 0.307 e. The molecule has 2 N–H and O–H groups in total. The average Bonchev–Trinajstić information content (AvgIpc) is 2.85. The Kier molecular flexibility index (Phi) is 3.73. The second-order valence-electron chi connectivity index (χ2n) is 5.62. The number of fused-ring (bicyclic) bond motifs is 1. The van der Waals surface area contributed by atoms with Gasteiger partial charge in [0.25, 0.3) is 0 Å². The van der Waals surface area contributed by atoms with Gasteiger partial charge < -0.3 is 10.4 Å². The van der Waals surface area contributed by atoms with Crippen molar-refractivity contribution in [2.45, 2.75) is 39.3 Å². The molecule has 2 aliphatic heterocycles. The number of hydrogen-bond acceptors (Lipinski definition) is 3. The summed E-state index contributed by atoms with van der Waals surface area (Å²) in [5.41, 5.74) is 0. The van der Waals surface area contributed by atoms with Gasteiger partial charge in [0.05, 0.1) is 5.92 Å². The highest BCUT2D eigenvalue weighted by Crippen LogP contribution is 2.36. The molecule has 2 aliphatic rings. The van der Waals surface area contributed by atoms with Crippen LogP contribution in [0.5, 0.6) is 0 Å². The van der Waals surface area contributed by atoms with Crippen LogP contribution in [0.3, 0.4) is 0 Å². The van der Waals surface area contributed by atoms with Gasteiger partial charge in [0.2, 0.25) is 0 Å². The van der Waals surface area contributed by atoms with Crippen LogP contribution < -0.4 is 5.32 Å². The van der Waals surface area contributed by atoms with E-state index in [1.165, 1.54) is 0 Å². The monoisotopic (exact) mass is 240 g/mol. The molecule has 4 heteroatoms. The van der Waals surface area contributed by atoms with E-state index in [4.69, 9.17) is 5.11 Å². The summed E-state index contributed by atoms with van der Waals surface area (Å²) >= 11 is 0. The van der Waals surface area contributed by atoms with Crippen LogP contribution in [0.1, 0.15) is 27.2 Å². The van der Waals surface area contributed by atoms with Crippen LogP contribution in [0, 0.1) is 17.8 Å². The van der Waals surface area contributed by atoms with Crippen molar-refractivity contribution in [3.05, 3.63) is 0 Å². The van der Waals surface area contributed by atoms with Crippen LogP contribution in [0.4, 0.5) is 0 Å². The highest BCUT2D eigenvalue weighted by Gasteiger charge is 2.45. The number of carboxylic acid groups (broad SMARTS) is 1. The van der Waals surface area contributed by atoms with Crippen molar-refractivity contribution in [3.8, 4) is 0 Å². The fourth-order valence-corrected chi connectivity index (χ4v) is 3.55. The third kappa shape index (κ3) is 2.20. The minimum absolute atomic E-state index is 0.142. The summed E-state index contributed by atoms with van der Waals surface area (Å²) in [6, 6.07) is 0.704. The fourth-order valence-electron chi connectivity index (χ4n) is 3.55. The molecule has 0 aliphatic carbocycles. The minimum Gasteiger partial charge on any atom is -0.481 e. The molecule has 2 rings (SSSR count). The first kappa shape index (κ1) is 12.8. The lowest BCUT2D eigenvalue weighted by atomic mass is 9.92. The Morgan fingerprint density at radius 3 is 2.76 bits per heavy atom. The lowest BCUT2D eigenvalue weighted by Crippen LogP contribution is -2.45. The first-order valence-corrected chi connectivity index (χ1v) is 6.75. The Morgan fingerprint density at radius 1 is 1.47 bits per heavy atom. The average molecular weight is 240 g/mol. The molecule has 2 saturated heterocycles. The van der Waals surface area contributed by atoms with Crippen LogP contribution in [0.2, 0.25) is 0 Å². The summed E-state index contributed by atoms with van der Waals surface area (Å²) in [7, 11) is 0. The number of nitrogens with zero attached hydrogens (tertiary/aromatic N) is 1. The van der Waals surface area contributed by atoms with E-state index in [2.05, 4.69) is 24.1 Å². The molecule has 2 fully saturated rings. The normalized spacial score (nSPS) is 36.8. The molecule has 17 heavy (non-hydrogen) atoms. The Labute approximate surface area is 103 Å². The van der Waals surface area contributed by atoms with E-state index in [0.29, 0.717) is 6.04 Å². The summed E-state index contributed by atoms with van der Waals surface area (Å²) in [5.74, 6) is 0.491. The number of carboxylic acids is 1. The number of hydrogen-bond donors (Lipinski definition) is 2. The van der Waals surface area contributed by atoms with Gasteiger partial charge in [-0.2, -0.15) is 0 Å². The van der Waals surface area contributed by atoms with Gasteiger partial charge >= 0.3 is 5.97 Å². The third-order valence-electron chi connectivity index (χ3n) is 4.81. The van der Waals surface area contributed by atoms with Crippen molar-refractivity contribution in [1.29, 1.82) is 0 Å². The Hall–Kier alpha value is -0.610. The van der Waals surface area contributed by atoms with Gasteiger partial charge in [-0.1, -0.05) is 13.8 Å². The molecule has 0 aromatic carbocycles. The first-order valence-electron chi connectivity index (χ1n) is 6.75. The molecule has 2 heterocycles. The molecule has 4 nitrogen and oxygen atoms in total. The SMILES string of the molecule is CCC1C2CNCC2CN1C(C)C(C)C(=O)O. The molecule has 98 valence electrons. The molecular weight excluding hydrogens is 216 g/mol. The molecule has 0 aromatic rings. The number of aliphatic carboxylic acids is 1. The van der Waals surface area contributed by atoms with Crippen molar-refractivity contribution < 1.29 is 9.90 Å². The summed E-state index contributed by atoms with van der Waals surface area (Å²) in [6.07, 6.45) is 1.12. The fraction of sp³-hybridized carbons (Fsp3) is 0.923. The van der Waals surface area contributed by atoms with Crippen molar-refractivity contribution in [3.63, 3.8) is 0 Å². The molecule has 0 spiro atoms. The predicted molar refractivity (Wildman–Crippen MR) is 66.9 cm³/mol. The molecule has 0 saturated carbocycles. The molecule has 5 unspecified atom stereocenters. The first-order chi connectivity index (χ1) is 8.06. The predicted octanol–water partition coefficient (Wildman–Crippen LogP) is 1.03. The van der Waals surface area contributed by atoms with Gasteiger partial charge in [-0.05, 0) is 38.3 Å². The smallest absolute Gasteiger partial charge is 0.307 e. The van der Waals surface area contributed by atoms with Gasteiger partial charge in [-0.25, -0.2) is 0 Å². The van der Waals surface area contributed by atoms with E-state index < -0.39 is 5.97 Å². The molecule has 5 atom stereocenters. The lowest BCUT2D eigenvalue weighted by molar-refractivity contribution is -0.143. The Morgan fingerprint density at radius 2 is 2.18 bits per heavy atom. The largest absolute Gasteiger partial charge is 0.481 e. The standard InChI is InChI=1S/C13H24N2O2/c1-4-12-11-6-14-5-10(11)7-15(12)9(3)8(2)13(16)17/h8-12,14H,4-7H2,1-3H3,(H,16,17). The number of rotatable bonds is 4. The van der Waals surface area contributed by atoms with Gasteiger partial charge in [0.1, 0.15) is 0 Å².